The van der Waals surface area contributed by atoms with Crippen LogP contribution >= 0.6 is 0 Å². The SMILES string of the molecule is O=C(CCc1ccco1)c1ccccc1F. The molecule has 0 N–H and O–H groups in total. The zero-order valence-electron chi connectivity index (χ0n) is 8.65. The molecular formula is C13H11FO2. The van der Waals surface area contributed by atoms with Crippen LogP contribution in [0.1, 0.15) is 22.5 Å². The summed E-state index contributed by atoms with van der Waals surface area (Å²) in [5.74, 6) is 0.0751. The van der Waals surface area contributed by atoms with Crippen LogP contribution in [0, 0.1) is 5.82 Å². The van der Waals surface area contributed by atoms with E-state index in [2.05, 4.69) is 0 Å². The third-order valence-electron chi connectivity index (χ3n) is 2.35. The number of carbonyl (C=O) groups is 1. The van der Waals surface area contributed by atoms with Crippen LogP contribution in [0.3, 0.4) is 0 Å². The molecule has 0 aliphatic heterocycles. The van der Waals surface area contributed by atoms with E-state index in [4.69, 9.17) is 4.42 Å². The second-order valence-corrected chi connectivity index (χ2v) is 3.48. The Morgan fingerprint density at radius 2 is 2.00 bits per heavy atom. The van der Waals surface area contributed by atoms with Crippen molar-refractivity contribution in [3.63, 3.8) is 0 Å². The number of benzene rings is 1. The number of Topliss-reactive ketones (excluding diaryl/α,β-unsaturated/α-hetero) is 1. The van der Waals surface area contributed by atoms with Crippen molar-refractivity contribution in [1.82, 2.24) is 0 Å². The first kappa shape index (κ1) is 10.6. The van der Waals surface area contributed by atoms with Gasteiger partial charge in [0.15, 0.2) is 5.78 Å². The number of carbonyl (C=O) groups excluding carboxylic acids is 1. The van der Waals surface area contributed by atoms with Crippen molar-refractivity contribution in [1.29, 1.82) is 0 Å². The second-order valence-electron chi connectivity index (χ2n) is 3.48. The molecule has 0 unspecified atom stereocenters. The highest BCUT2D eigenvalue weighted by atomic mass is 19.1. The van der Waals surface area contributed by atoms with E-state index in [0.29, 0.717) is 6.42 Å². The number of aryl methyl sites for hydroxylation is 1. The molecule has 0 saturated heterocycles. The summed E-state index contributed by atoms with van der Waals surface area (Å²) in [7, 11) is 0. The summed E-state index contributed by atoms with van der Waals surface area (Å²) in [6.07, 6.45) is 2.32. The van der Waals surface area contributed by atoms with E-state index >= 15 is 0 Å². The number of furan rings is 1. The zero-order valence-corrected chi connectivity index (χ0v) is 8.65. The first-order valence-electron chi connectivity index (χ1n) is 5.07. The number of halogens is 1. The second kappa shape index (κ2) is 4.75. The Morgan fingerprint density at radius 1 is 1.19 bits per heavy atom. The topological polar surface area (TPSA) is 30.2 Å². The zero-order chi connectivity index (χ0) is 11.4. The minimum atomic E-state index is -0.466. The molecule has 0 aliphatic carbocycles. The predicted molar refractivity (Wildman–Crippen MR) is 57.8 cm³/mol. The van der Waals surface area contributed by atoms with Gasteiger partial charge in [-0.15, -0.1) is 0 Å². The molecule has 0 spiro atoms. The van der Waals surface area contributed by atoms with Gasteiger partial charge in [0.1, 0.15) is 11.6 Å². The third-order valence-corrected chi connectivity index (χ3v) is 2.35. The van der Waals surface area contributed by atoms with Gasteiger partial charge in [0.05, 0.1) is 11.8 Å². The minimum absolute atomic E-state index is 0.147. The third kappa shape index (κ3) is 2.37. The van der Waals surface area contributed by atoms with Gasteiger partial charge in [0.25, 0.3) is 0 Å². The molecule has 1 heterocycles. The summed E-state index contributed by atoms with van der Waals surface area (Å²) in [6, 6.07) is 9.58. The van der Waals surface area contributed by atoms with Crippen molar-refractivity contribution >= 4 is 5.78 Å². The standard InChI is InChI=1S/C13H11FO2/c14-12-6-2-1-5-11(12)13(15)8-7-10-4-3-9-16-10/h1-6,9H,7-8H2. The lowest BCUT2D eigenvalue weighted by atomic mass is 10.1. The van der Waals surface area contributed by atoms with Gasteiger partial charge in [0.2, 0.25) is 0 Å². The Kier molecular flexibility index (Phi) is 3.15. The van der Waals surface area contributed by atoms with E-state index in [-0.39, 0.29) is 17.8 Å². The Balaban J connectivity index is 2.01. The van der Waals surface area contributed by atoms with Crippen LogP contribution in [-0.4, -0.2) is 5.78 Å². The molecule has 0 bridgehead atoms. The lowest BCUT2D eigenvalue weighted by Crippen LogP contribution is -2.03. The van der Waals surface area contributed by atoms with Gasteiger partial charge < -0.3 is 4.42 Å². The van der Waals surface area contributed by atoms with Gasteiger partial charge in [-0.2, -0.15) is 0 Å². The normalized spacial score (nSPS) is 10.3. The van der Waals surface area contributed by atoms with Crippen LogP contribution in [-0.2, 0) is 6.42 Å². The molecule has 2 aromatic rings. The van der Waals surface area contributed by atoms with E-state index in [0.717, 1.165) is 5.76 Å². The summed E-state index contributed by atoms with van der Waals surface area (Å²) in [4.78, 5) is 11.7. The minimum Gasteiger partial charge on any atom is -0.469 e. The van der Waals surface area contributed by atoms with Crippen LogP contribution in [0.15, 0.2) is 47.1 Å². The molecule has 2 nitrogen and oxygen atoms in total. The molecule has 1 aromatic carbocycles. The maximum atomic E-state index is 13.3. The Hall–Kier alpha value is -1.90. The Bertz CT molecular complexity index is 474. The monoisotopic (exact) mass is 218 g/mol. The van der Waals surface area contributed by atoms with Gasteiger partial charge in [-0.25, -0.2) is 4.39 Å². The summed E-state index contributed by atoms with van der Waals surface area (Å²) >= 11 is 0. The smallest absolute Gasteiger partial charge is 0.166 e. The maximum absolute atomic E-state index is 13.3. The van der Waals surface area contributed by atoms with Gasteiger partial charge in [-0.3, -0.25) is 4.79 Å². The molecule has 0 atom stereocenters. The molecule has 0 radical (unpaired) electrons. The van der Waals surface area contributed by atoms with Gasteiger partial charge in [-0.1, -0.05) is 12.1 Å². The highest BCUT2D eigenvalue weighted by Gasteiger charge is 2.11. The molecular weight excluding hydrogens is 207 g/mol. The summed E-state index contributed by atoms with van der Waals surface area (Å²) in [5.41, 5.74) is 0.147. The number of hydrogen-bond donors (Lipinski definition) is 0. The van der Waals surface area contributed by atoms with Crippen LogP contribution in [0.5, 0.6) is 0 Å². The van der Waals surface area contributed by atoms with Crippen molar-refractivity contribution in [2.75, 3.05) is 0 Å². The molecule has 16 heavy (non-hydrogen) atoms. The molecule has 2 rings (SSSR count). The lowest BCUT2D eigenvalue weighted by Gasteiger charge is -2.00. The molecule has 0 saturated carbocycles. The first-order chi connectivity index (χ1) is 7.77. The molecule has 1 aromatic heterocycles. The Morgan fingerprint density at radius 3 is 2.69 bits per heavy atom. The van der Waals surface area contributed by atoms with Crippen molar-refractivity contribution in [3.05, 3.63) is 59.8 Å². The molecule has 0 fully saturated rings. The number of rotatable bonds is 4. The van der Waals surface area contributed by atoms with E-state index < -0.39 is 5.82 Å². The molecule has 0 amide bonds. The first-order valence-corrected chi connectivity index (χ1v) is 5.07. The van der Waals surface area contributed by atoms with Gasteiger partial charge in [-0.05, 0) is 24.3 Å². The molecule has 3 heteroatoms. The largest absolute Gasteiger partial charge is 0.469 e. The lowest BCUT2D eigenvalue weighted by molar-refractivity contribution is 0.0977. The van der Waals surface area contributed by atoms with E-state index in [1.54, 1.807) is 30.5 Å². The van der Waals surface area contributed by atoms with Crippen molar-refractivity contribution in [3.8, 4) is 0 Å². The van der Waals surface area contributed by atoms with E-state index in [1.807, 2.05) is 0 Å². The van der Waals surface area contributed by atoms with Crippen molar-refractivity contribution in [2.24, 2.45) is 0 Å². The number of hydrogen-bond acceptors (Lipinski definition) is 2. The fraction of sp³-hybridized carbons (Fsp3) is 0.154. The fourth-order valence-electron chi connectivity index (χ4n) is 1.51. The highest BCUT2D eigenvalue weighted by molar-refractivity contribution is 5.96. The number of ketones is 1. The van der Waals surface area contributed by atoms with Gasteiger partial charge in [0, 0.05) is 12.8 Å². The van der Waals surface area contributed by atoms with E-state index in [1.165, 1.54) is 12.1 Å². The van der Waals surface area contributed by atoms with Crippen molar-refractivity contribution in [2.45, 2.75) is 12.8 Å². The van der Waals surface area contributed by atoms with Crippen LogP contribution < -0.4 is 0 Å². The quantitative estimate of drug-likeness (QED) is 0.737. The molecule has 82 valence electrons. The van der Waals surface area contributed by atoms with Crippen LogP contribution in [0.25, 0.3) is 0 Å². The van der Waals surface area contributed by atoms with Crippen LogP contribution in [0.4, 0.5) is 4.39 Å². The predicted octanol–water partition coefficient (Wildman–Crippen LogP) is 3.23. The average Bonchev–Trinajstić information content (AvgIpc) is 2.79. The van der Waals surface area contributed by atoms with Crippen LogP contribution in [0.2, 0.25) is 0 Å². The van der Waals surface area contributed by atoms with Gasteiger partial charge >= 0.3 is 0 Å². The maximum Gasteiger partial charge on any atom is 0.166 e. The Labute approximate surface area is 92.7 Å². The highest BCUT2D eigenvalue weighted by Crippen LogP contribution is 2.12. The summed E-state index contributed by atoms with van der Waals surface area (Å²) < 4.78 is 18.4. The summed E-state index contributed by atoms with van der Waals surface area (Å²) in [6.45, 7) is 0. The fourth-order valence-corrected chi connectivity index (χ4v) is 1.51. The van der Waals surface area contributed by atoms with E-state index in [9.17, 15) is 9.18 Å². The van der Waals surface area contributed by atoms with Crippen molar-refractivity contribution < 1.29 is 13.6 Å². The average molecular weight is 218 g/mol. The molecule has 0 aliphatic rings. The summed E-state index contributed by atoms with van der Waals surface area (Å²) in [5, 5.41) is 0.